The molecule has 2 fully saturated rings. The lowest BCUT2D eigenvalue weighted by Crippen LogP contribution is -2.64. The van der Waals surface area contributed by atoms with Crippen LogP contribution in [0.3, 0.4) is 0 Å². The lowest BCUT2D eigenvalue weighted by atomic mass is 9.93. The number of piperazine rings is 1. The number of hydrogen-bond acceptors (Lipinski definition) is 3. The van der Waals surface area contributed by atoms with Crippen molar-refractivity contribution >= 4 is 5.91 Å². The SMILES string of the molecule is CC(C)N1C(=O)CN(CC2CCNCC2)CC1(C)C. The molecule has 0 aromatic carbocycles. The minimum atomic E-state index is -0.0452. The molecule has 110 valence electrons. The number of nitrogens with one attached hydrogen (secondary N) is 1. The summed E-state index contributed by atoms with van der Waals surface area (Å²) in [6.07, 6.45) is 2.50. The summed E-state index contributed by atoms with van der Waals surface area (Å²) in [5, 5.41) is 3.41. The zero-order valence-corrected chi connectivity index (χ0v) is 12.9. The third-order valence-corrected chi connectivity index (χ3v) is 4.38. The first-order chi connectivity index (χ1) is 8.90. The number of nitrogens with zero attached hydrogens (tertiary/aromatic N) is 2. The molecular formula is C15H29N3O. The Morgan fingerprint density at radius 2 is 1.95 bits per heavy atom. The van der Waals surface area contributed by atoms with Gasteiger partial charge in [0.15, 0.2) is 0 Å². The van der Waals surface area contributed by atoms with Gasteiger partial charge in [-0.3, -0.25) is 9.69 Å². The van der Waals surface area contributed by atoms with E-state index in [0.29, 0.717) is 18.5 Å². The normalized spacial score (nSPS) is 26.2. The summed E-state index contributed by atoms with van der Waals surface area (Å²) in [5.41, 5.74) is -0.0452. The molecule has 4 nitrogen and oxygen atoms in total. The molecule has 0 radical (unpaired) electrons. The van der Waals surface area contributed by atoms with Crippen molar-refractivity contribution in [3.05, 3.63) is 0 Å². The standard InChI is InChI=1S/C15H29N3O/c1-12(2)18-14(19)10-17(11-15(18,3)4)9-13-5-7-16-8-6-13/h12-13,16H,5-11H2,1-4H3. The summed E-state index contributed by atoms with van der Waals surface area (Å²) < 4.78 is 0. The third-order valence-electron chi connectivity index (χ3n) is 4.38. The summed E-state index contributed by atoms with van der Waals surface area (Å²) >= 11 is 0. The fourth-order valence-electron chi connectivity index (χ4n) is 3.83. The highest BCUT2D eigenvalue weighted by atomic mass is 16.2. The van der Waals surface area contributed by atoms with Gasteiger partial charge >= 0.3 is 0 Å². The van der Waals surface area contributed by atoms with E-state index in [9.17, 15) is 4.79 Å². The molecule has 0 spiro atoms. The van der Waals surface area contributed by atoms with Gasteiger partial charge in [-0.05, 0) is 59.5 Å². The molecule has 0 unspecified atom stereocenters. The highest BCUT2D eigenvalue weighted by molar-refractivity contribution is 5.80. The first-order valence-electron chi connectivity index (χ1n) is 7.65. The van der Waals surface area contributed by atoms with E-state index in [1.54, 1.807) is 0 Å². The van der Waals surface area contributed by atoms with Crippen molar-refractivity contribution in [3.63, 3.8) is 0 Å². The summed E-state index contributed by atoms with van der Waals surface area (Å²) in [6.45, 7) is 13.6. The van der Waals surface area contributed by atoms with Gasteiger partial charge in [0, 0.05) is 19.1 Å². The monoisotopic (exact) mass is 267 g/mol. The molecule has 0 aromatic heterocycles. The Bertz CT molecular complexity index is 321. The van der Waals surface area contributed by atoms with Gasteiger partial charge < -0.3 is 10.2 Å². The molecule has 2 heterocycles. The number of rotatable bonds is 3. The zero-order chi connectivity index (χ0) is 14.0. The Hall–Kier alpha value is -0.610. The second-order valence-electron chi connectivity index (χ2n) is 7.03. The fraction of sp³-hybridized carbons (Fsp3) is 0.933. The zero-order valence-electron chi connectivity index (χ0n) is 12.9. The molecule has 1 amide bonds. The Morgan fingerprint density at radius 3 is 2.47 bits per heavy atom. The Balaban J connectivity index is 1.96. The van der Waals surface area contributed by atoms with Gasteiger partial charge in [-0.2, -0.15) is 0 Å². The Morgan fingerprint density at radius 1 is 1.32 bits per heavy atom. The highest BCUT2D eigenvalue weighted by Gasteiger charge is 2.40. The van der Waals surface area contributed by atoms with Crippen LogP contribution in [0.5, 0.6) is 0 Å². The molecule has 19 heavy (non-hydrogen) atoms. The molecular weight excluding hydrogens is 238 g/mol. The van der Waals surface area contributed by atoms with Crippen molar-refractivity contribution in [2.45, 2.75) is 52.1 Å². The van der Waals surface area contributed by atoms with Gasteiger partial charge in [-0.25, -0.2) is 0 Å². The van der Waals surface area contributed by atoms with Gasteiger partial charge in [0.25, 0.3) is 0 Å². The van der Waals surface area contributed by atoms with E-state index in [1.165, 1.54) is 12.8 Å². The molecule has 0 aromatic rings. The molecule has 4 heteroatoms. The fourth-order valence-corrected chi connectivity index (χ4v) is 3.83. The maximum Gasteiger partial charge on any atom is 0.237 e. The van der Waals surface area contributed by atoms with Crippen LogP contribution in [0.4, 0.5) is 0 Å². The van der Waals surface area contributed by atoms with E-state index in [4.69, 9.17) is 0 Å². The molecule has 2 rings (SSSR count). The summed E-state index contributed by atoms with van der Waals surface area (Å²) in [5.74, 6) is 1.05. The van der Waals surface area contributed by atoms with E-state index < -0.39 is 0 Å². The van der Waals surface area contributed by atoms with Crippen molar-refractivity contribution in [2.75, 3.05) is 32.7 Å². The van der Waals surface area contributed by atoms with E-state index in [1.807, 2.05) is 0 Å². The minimum Gasteiger partial charge on any atom is -0.333 e. The molecule has 0 bridgehead atoms. The quantitative estimate of drug-likeness (QED) is 0.837. The second kappa shape index (κ2) is 5.80. The molecule has 2 aliphatic heterocycles. The van der Waals surface area contributed by atoms with Crippen molar-refractivity contribution in [1.29, 1.82) is 0 Å². The van der Waals surface area contributed by atoms with Crippen molar-refractivity contribution in [3.8, 4) is 0 Å². The van der Waals surface area contributed by atoms with Crippen LogP contribution in [-0.4, -0.2) is 60.0 Å². The molecule has 1 N–H and O–H groups in total. The number of piperidine rings is 1. The lowest BCUT2D eigenvalue weighted by molar-refractivity contribution is -0.148. The van der Waals surface area contributed by atoms with Crippen LogP contribution >= 0.6 is 0 Å². The van der Waals surface area contributed by atoms with Crippen molar-refractivity contribution in [1.82, 2.24) is 15.1 Å². The average Bonchev–Trinajstić information content (AvgIpc) is 2.27. The third kappa shape index (κ3) is 3.48. The smallest absolute Gasteiger partial charge is 0.237 e. The van der Waals surface area contributed by atoms with Gasteiger partial charge in [0.05, 0.1) is 12.1 Å². The Kier molecular flexibility index (Phi) is 4.51. The number of amides is 1. The van der Waals surface area contributed by atoms with Crippen LogP contribution in [0.1, 0.15) is 40.5 Å². The molecule has 0 aliphatic carbocycles. The largest absolute Gasteiger partial charge is 0.333 e. The van der Waals surface area contributed by atoms with E-state index in [2.05, 4.69) is 42.8 Å². The molecule has 0 saturated carbocycles. The first-order valence-corrected chi connectivity index (χ1v) is 7.65. The number of hydrogen-bond donors (Lipinski definition) is 1. The topological polar surface area (TPSA) is 35.6 Å². The van der Waals surface area contributed by atoms with Crippen LogP contribution in [0.25, 0.3) is 0 Å². The van der Waals surface area contributed by atoms with Crippen LogP contribution in [0.2, 0.25) is 0 Å². The van der Waals surface area contributed by atoms with Gasteiger partial charge in [0.2, 0.25) is 5.91 Å². The summed E-state index contributed by atoms with van der Waals surface area (Å²) in [7, 11) is 0. The van der Waals surface area contributed by atoms with Crippen LogP contribution in [0.15, 0.2) is 0 Å². The predicted molar refractivity (Wildman–Crippen MR) is 78.1 cm³/mol. The van der Waals surface area contributed by atoms with Crippen molar-refractivity contribution < 1.29 is 4.79 Å². The summed E-state index contributed by atoms with van der Waals surface area (Å²) in [4.78, 5) is 16.8. The molecule has 0 atom stereocenters. The molecule has 2 aliphatic rings. The maximum atomic E-state index is 12.4. The maximum absolute atomic E-state index is 12.4. The van der Waals surface area contributed by atoms with E-state index in [0.717, 1.165) is 32.1 Å². The van der Waals surface area contributed by atoms with E-state index in [-0.39, 0.29) is 5.54 Å². The molecule has 2 saturated heterocycles. The first kappa shape index (κ1) is 14.8. The van der Waals surface area contributed by atoms with Crippen LogP contribution < -0.4 is 5.32 Å². The van der Waals surface area contributed by atoms with Crippen molar-refractivity contribution in [2.24, 2.45) is 5.92 Å². The average molecular weight is 267 g/mol. The summed E-state index contributed by atoms with van der Waals surface area (Å²) in [6, 6.07) is 0.295. The predicted octanol–water partition coefficient (Wildman–Crippen LogP) is 1.32. The lowest BCUT2D eigenvalue weighted by Gasteiger charge is -2.49. The highest BCUT2D eigenvalue weighted by Crippen LogP contribution is 2.25. The van der Waals surface area contributed by atoms with Gasteiger partial charge in [0.1, 0.15) is 0 Å². The van der Waals surface area contributed by atoms with Crippen LogP contribution in [0, 0.1) is 5.92 Å². The van der Waals surface area contributed by atoms with Crippen LogP contribution in [-0.2, 0) is 4.79 Å². The van der Waals surface area contributed by atoms with Gasteiger partial charge in [-0.1, -0.05) is 0 Å². The number of carbonyl (C=O) groups is 1. The minimum absolute atomic E-state index is 0.0452. The van der Waals surface area contributed by atoms with E-state index >= 15 is 0 Å². The Labute approximate surface area is 117 Å². The van der Waals surface area contributed by atoms with Gasteiger partial charge in [-0.15, -0.1) is 0 Å². The number of carbonyl (C=O) groups excluding carboxylic acids is 1. The second-order valence-corrected chi connectivity index (χ2v) is 7.03.